The molecule has 0 aliphatic carbocycles. The van der Waals surface area contributed by atoms with Crippen molar-refractivity contribution in [2.24, 2.45) is 0 Å². The third kappa shape index (κ3) is 4.80. The van der Waals surface area contributed by atoms with Crippen molar-refractivity contribution in [2.75, 3.05) is 32.7 Å². The van der Waals surface area contributed by atoms with E-state index in [0.717, 1.165) is 30.4 Å². The molecule has 1 saturated heterocycles. The van der Waals surface area contributed by atoms with E-state index in [1.54, 1.807) is 4.90 Å². The zero-order valence-corrected chi connectivity index (χ0v) is 14.5. The van der Waals surface area contributed by atoms with Crippen molar-refractivity contribution in [1.82, 2.24) is 19.6 Å². The summed E-state index contributed by atoms with van der Waals surface area (Å²) in [6.07, 6.45) is 4.22. The normalized spacial score (nSPS) is 15.5. The number of aromatic nitrogens is 2. The summed E-state index contributed by atoms with van der Waals surface area (Å²) in [6, 6.07) is 12.5. The van der Waals surface area contributed by atoms with Crippen LogP contribution in [0.2, 0.25) is 0 Å². The molecule has 1 aliphatic rings. The molecule has 0 atom stereocenters. The van der Waals surface area contributed by atoms with Crippen LogP contribution in [0.1, 0.15) is 5.56 Å². The first kappa shape index (κ1) is 17.9. The fourth-order valence-corrected chi connectivity index (χ4v) is 2.90. The van der Waals surface area contributed by atoms with E-state index in [1.165, 1.54) is 11.6 Å². The highest BCUT2D eigenvalue weighted by atomic mass is 16.2. The molecule has 1 aromatic carbocycles. The molecule has 7 heteroatoms. The van der Waals surface area contributed by atoms with Gasteiger partial charge >= 0.3 is 0 Å². The summed E-state index contributed by atoms with van der Waals surface area (Å²) >= 11 is 0. The molecule has 2 aromatic rings. The molecule has 1 amide bonds. The monoisotopic (exact) mass is 354 g/mol. The number of hydrogen-bond donors (Lipinski definition) is 1. The molecule has 0 unspecified atom stereocenters. The number of piperazine rings is 1. The van der Waals surface area contributed by atoms with E-state index in [9.17, 15) is 14.4 Å². The van der Waals surface area contributed by atoms with E-state index in [4.69, 9.17) is 0 Å². The summed E-state index contributed by atoms with van der Waals surface area (Å²) in [5, 5.41) is 2.38. The largest absolute Gasteiger partial charge is 0.339 e. The highest BCUT2D eigenvalue weighted by Gasteiger charge is 2.20. The number of carbonyl (C=O) groups excluding carboxylic acids is 1. The Balaban J connectivity index is 1.48. The van der Waals surface area contributed by atoms with E-state index in [-0.39, 0.29) is 18.0 Å². The molecule has 0 spiro atoms. The van der Waals surface area contributed by atoms with Gasteiger partial charge in [0.1, 0.15) is 6.54 Å². The van der Waals surface area contributed by atoms with Crippen LogP contribution in [0.15, 0.2) is 58.1 Å². The van der Waals surface area contributed by atoms with Crippen LogP contribution in [0.3, 0.4) is 0 Å². The van der Waals surface area contributed by atoms with Crippen molar-refractivity contribution in [1.29, 1.82) is 0 Å². The average Bonchev–Trinajstić information content (AvgIpc) is 2.66. The van der Waals surface area contributed by atoms with Crippen LogP contribution in [0.4, 0.5) is 0 Å². The standard InChI is InChI=1S/C19H22N4O3/c24-17-8-9-18(25)23(20-17)15-19(26)22-13-11-21(12-14-22)10-4-7-16-5-2-1-3-6-16/h1-9H,10-15H2,(H,20,24)/b7-4+. The first-order valence-corrected chi connectivity index (χ1v) is 8.64. The maximum Gasteiger partial charge on any atom is 0.265 e. The van der Waals surface area contributed by atoms with Gasteiger partial charge in [-0.15, -0.1) is 0 Å². The molecule has 1 aromatic heterocycles. The first-order valence-electron chi connectivity index (χ1n) is 8.64. The molecule has 136 valence electrons. The van der Waals surface area contributed by atoms with Gasteiger partial charge in [0.2, 0.25) is 5.91 Å². The molecule has 1 aliphatic heterocycles. The Labute approximate surface area is 151 Å². The van der Waals surface area contributed by atoms with Crippen LogP contribution >= 0.6 is 0 Å². The number of benzene rings is 1. The lowest BCUT2D eigenvalue weighted by molar-refractivity contribution is -0.133. The van der Waals surface area contributed by atoms with Crippen molar-refractivity contribution in [2.45, 2.75) is 6.54 Å². The van der Waals surface area contributed by atoms with Gasteiger partial charge in [-0.05, 0) is 5.56 Å². The van der Waals surface area contributed by atoms with E-state index in [2.05, 4.69) is 34.3 Å². The zero-order valence-electron chi connectivity index (χ0n) is 14.5. The molecule has 0 saturated carbocycles. The molecular formula is C19H22N4O3. The van der Waals surface area contributed by atoms with Crippen LogP contribution < -0.4 is 11.1 Å². The van der Waals surface area contributed by atoms with E-state index in [1.807, 2.05) is 18.2 Å². The minimum absolute atomic E-state index is 0.136. The van der Waals surface area contributed by atoms with Crippen molar-refractivity contribution in [3.8, 4) is 0 Å². The fraction of sp³-hybridized carbons (Fsp3) is 0.316. The molecule has 0 bridgehead atoms. The van der Waals surface area contributed by atoms with Gasteiger partial charge in [-0.3, -0.25) is 24.4 Å². The molecule has 2 heterocycles. The van der Waals surface area contributed by atoms with Gasteiger partial charge in [-0.2, -0.15) is 0 Å². The molecule has 1 N–H and O–H groups in total. The second kappa shape index (κ2) is 8.44. The number of rotatable bonds is 5. The number of amides is 1. The minimum atomic E-state index is -0.396. The number of carbonyl (C=O) groups is 1. The zero-order chi connectivity index (χ0) is 18.4. The van der Waals surface area contributed by atoms with Gasteiger partial charge in [0.15, 0.2) is 0 Å². The van der Waals surface area contributed by atoms with E-state index < -0.39 is 5.56 Å². The Bertz CT molecular complexity index is 877. The van der Waals surface area contributed by atoms with Gasteiger partial charge in [-0.1, -0.05) is 42.5 Å². The predicted molar refractivity (Wildman–Crippen MR) is 99.8 cm³/mol. The molecule has 26 heavy (non-hydrogen) atoms. The topological polar surface area (TPSA) is 78.4 Å². The third-order valence-corrected chi connectivity index (χ3v) is 4.38. The Kier molecular flexibility index (Phi) is 5.80. The Hall–Kier alpha value is -2.93. The second-order valence-electron chi connectivity index (χ2n) is 6.23. The number of nitrogens with one attached hydrogen (secondary N) is 1. The highest BCUT2D eigenvalue weighted by molar-refractivity contribution is 5.76. The summed E-state index contributed by atoms with van der Waals surface area (Å²) < 4.78 is 1.06. The third-order valence-electron chi connectivity index (χ3n) is 4.38. The van der Waals surface area contributed by atoms with Gasteiger partial charge in [0, 0.05) is 44.9 Å². The Morgan fingerprint density at radius 3 is 2.46 bits per heavy atom. The van der Waals surface area contributed by atoms with E-state index >= 15 is 0 Å². The molecule has 1 fully saturated rings. The Morgan fingerprint density at radius 2 is 1.73 bits per heavy atom. The number of aromatic amines is 1. The lowest BCUT2D eigenvalue weighted by Crippen LogP contribution is -2.50. The first-order chi connectivity index (χ1) is 12.6. The summed E-state index contributed by atoms with van der Waals surface area (Å²) in [5.74, 6) is -0.159. The van der Waals surface area contributed by atoms with Crippen molar-refractivity contribution < 1.29 is 4.79 Å². The van der Waals surface area contributed by atoms with Crippen LogP contribution in [-0.4, -0.2) is 58.2 Å². The average molecular weight is 354 g/mol. The minimum Gasteiger partial charge on any atom is -0.339 e. The molecule has 3 rings (SSSR count). The Morgan fingerprint density at radius 1 is 1.00 bits per heavy atom. The summed E-state index contributed by atoms with van der Waals surface area (Å²) in [4.78, 5) is 39.3. The molecule has 0 radical (unpaired) electrons. The number of hydrogen-bond acceptors (Lipinski definition) is 4. The van der Waals surface area contributed by atoms with Crippen molar-refractivity contribution in [3.63, 3.8) is 0 Å². The van der Waals surface area contributed by atoms with Crippen molar-refractivity contribution in [3.05, 3.63) is 74.8 Å². The smallest absolute Gasteiger partial charge is 0.265 e. The lowest BCUT2D eigenvalue weighted by atomic mass is 10.2. The fourth-order valence-electron chi connectivity index (χ4n) is 2.90. The van der Waals surface area contributed by atoms with Crippen molar-refractivity contribution >= 4 is 12.0 Å². The van der Waals surface area contributed by atoms with Crippen LogP contribution in [0.5, 0.6) is 0 Å². The van der Waals surface area contributed by atoms with Crippen LogP contribution in [-0.2, 0) is 11.3 Å². The SMILES string of the molecule is O=C(Cn1[nH]c(=O)ccc1=O)N1CCN(C/C=C/c2ccccc2)CC1. The second-order valence-corrected chi connectivity index (χ2v) is 6.23. The maximum atomic E-state index is 12.3. The quantitative estimate of drug-likeness (QED) is 0.843. The van der Waals surface area contributed by atoms with E-state index in [0.29, 0.717) is 13.1 Å². The number of H-pyrrole nitrogens is 1. The predicted octanol–water partition coefficient (Wildman–Crippen LogP) is 0.394. The van der Waals surface area contributed by atoms with Gasteiger partial charge in [0.25, 0.3) is 11.1 Å². The highest BCUT2D eigenvalue weighted by Crippen LogP contribution is 2.05. The lowest BCUT2D eigenvalue weighted by Gasteiger charge is -2.34. The summed E-state index contributed by atoms with van der Waals surface area (Å²) in [6.45, 7) is 3.50. The van der Waals surface area contributed by atoms with Crippen LogP contribution in [0, 0.1) is 0 Å². The van der Waals surface area contributed by atoms with Gasteiger partial charge in [0.05, 0.1) is 0 Å². The number of nitrogens with zero attached hydrogens (tertiary/aromatic N) is 3. The van der Waals surface area contributed by atoms with Gasteiger partial charge < -0.3 is 4.90 Å². The van der Waals surface area contributed by atoms with Crippen LogP contribution in [0.25, 0.3) is 6.08 Å². The summed E-state index contributed by atoms with van der Waals surface area (Å²) in [7, 11) is 0. The maximum absolute atomic E-state index is 12.3. The molecular weight excluding hydrogens is 332 g/mol. The summed E-state index contributed by atoms with van der Waals surface area (Å²) in [5.41, 5.74) is 0.388. The van der Waals surface area contributed by atoms with Gasteiger partial charge in [-0.25, -0.2) is 4.68 Å². The molecule has 7 nitrogen and oxygen atoms in total.